The summed E-state index contributed by atoms with van der Waals surface area (Å²) >= 11 is 0. The van der Waals surface area contributed by atoms with Crippen molar-refractivity contribution in [2.24, 2.45) is 5.92 Å². The Morgan fingerprint density at radius 1 is 1.36 bits per heavy atom. The summed E-state index contributed by atoms with van der Waals surface area (Å²) in [6.45, 7) is 11.2. The molecule has 0 aliphatic rings. The maximum Gasteiger partial charge on any atom is 0.149 e. The zero-order chi connectivity index (χ0) is 9.28. The first-order valence-corrected chi connectivity index (χ1v) is 4.42. The lowest BCUT2D eigenvalue weighted by molar-refractivity contribution is -0.121. The molecule has 11 heavy (non-hydrogen) atoms. The molecule has 0 radical (unpaired) electrons. The van der Waals surface area contributed by atoms with Gasteiger partial charge in [0.2, 0.25) is 0 Å². The van der Waals surface area contributed by atoms with Crippen LogP contribution in [0.1, 0.15) is 34.6 Å². The van der Waals surface area contributed by atoms with Gasteiger partial charge in [-0.25, -0.2) is 0 Å². The molecule has 0 atom stereocenters. The summed E-state index contributed by atoms with van der Waals surface area (Å²) in [7, 11) is 0. The molecule has 0 heterocycles. The number of hydrogen-bond donors (Lipinski definition) is 1. The molecule has 0 spiro atoms. The quantitative estimate of drug-likeness (QED) is 0.678. The second-order valence-corrected chi connectivity index (χ2v) is 2.40. The van der Waals surface area contributed by atoms with Gasteiger partial charge in [0.05, 0.1) is 6.54 Å². The Morgan fingerprint density at radius 2 is 1.82 bits per heavy atom. The van der Waals surface area contributed by atoms with E-state index in [9.17, 15) is 4.79 Å². The first kappa shape index (κ1) is 13.2. The van der Waals surface area contributed by atoms with Crippen molar-refractivity contribution in [1.29, 1.82) is 0 Å². The number of hydrogen-bond acceptors (Lipinski definition) is 2. The second-order valence-electron chi connectivity index (χ2n) is 2.40. The van der Waals surface area contributed by atoms with E-state index < -0.39 is 0 Å². The summed E-state index contributed by atoms with van der Waals surface area (Å²) in [5.41, 5.74) is 0. The number of ketones is 1. The summed E-state index contributed by atoms with van der Waals surface area (Å²) in [6, 6.07) is 0. The first-order chi connectivity index (χ1) is 5.18. The van der Waals surface area contributed by atoms with E-state index in [-0.39, 0.29) is 11.7 Å². The number of Topliss-reactive ketones (excluding diaryl/α,β-unsaturated/α-hetero) is 1. The molecule has 0 aliphatic carbocycles. The molecule has 0 unspecified atom stereocenters. The van der Waals surface area contributed by atoms with E-state index in [4.69, 9.17) is 0 Å². The van der Waals surface area contributed by atoms with Crippen LogP contribution in [0.3, 0.4) is 0 Å². The van der Waals surface area contributed by atoms with Crippen LogP contribution in [0.4, 0.5) is 0 Å². The highest BCUT2D eigenvalue weighted by Crippen LogP contribution is 1.91. The minimum absolute atomic E-state index is 0.170. The van der Waals surface area contributed by atoms with Gasteiger partial charge in [0.25, 0.3) is 0 Å². The molecular weight excluding hydrogens is 138 g/mol. The third kappa shape index (κ3) is 9.63. The van der Waals surface area contributed by atoms with Crippen molar-refractivity contribution in [2.45, 2.75) is 34.6 Å². The molecule has 0 aromatic carbocycles. The van der Waals surface area contributed by atoms with Gasteiger partial charge in [0, 0.05) is 5.92 Å². The number of likely N-dealkylation sites (N-methyl/N-ethyl adjacent to an activating group) is 1. The minimum atomic E-state index is 0.170. The van der Waals surface area contributed by atoms with Crippen LogP contribution in [0.5, 0.6) is 0 Å². The summed E-state index contributed by atoms with van der Waals surface area (Å²) in [5.74, 6) is 0.459. The fraction of sp³-hybridized carbons (Fsp3) is 0.889. The van der Waals surface area contributed by atoms with Crippen LogP contribution >= 0.6 is 0 Å². The van der Waals surface area contributed by atoms with Crippen LogP contribution in [-0.4, -0.2) is 18.9 Å². The lowest BCUT2D eigenvalue weighted by Gasteiger charge is -2.02. The normalized spacial score (nSPS) is 8.91. The molecule has 0 saturated carbocycles. The molecule has 0 fully saturated rings. The number of rotatable bonds is 4. The van der Waals surface area contributed by atoms with Crippen molar-refractivity contribution in [2.75, 3.05) is 13.1 Å². The molecule has 0 aromatic rings. The minimum Gasteiger partial charge on any atom is -0.310 e. The molecule has 2 heteroatoms. The third-order valence-corrected chi connectivity index (χ3v) is 1.19. The zero-order valence-corrected chi connectivity index (χ0v) is 8.40. The van der Waals surface area contributed by atoms with Crippen LogP contribution in [0.25, 0.3) is 0 Å². The third-order valence-electron chi connectivity index (χ3n) is 1.19. The van der Waals surface area contributed by atoms with Crippen molar-refractivity contribution in [3.05, 3.63) is 0 Å². The van der Waals surface area contributed by atoms with Gasteiger partial charge < -0.3 is 5.32 Å². The highest BCUT2D eigenvalue weighted by molar-refractivity contribution is 5.82. The summed E-state index contributed by atoms with van der Waals surface area (Å²) in [4.78, 5) is 10.8. The monoisotopic (exact) mass is 159 g/mol. The van der Waals surface area contributed by atoms with E-state index in [1.165, 1.54) is 0 Å². The molecule has 0 saturated heterocycles. The van der Waals surface area contributed by atoms with Gasteiger partial charge in [-0.2, -0.15) is 0 Å². The van der Waals surface area contributed by atoms with Crippen molar-refractivity contribution >= 4 is 5.78 Å². The van der Waals surface area contributed by atoms with Gasteiger partial charge in [-0.1, -0.05) is 34.6 Å². The number of nitrogens with one attached hydrogen (secondary N) is 1. The van der Waals surface area contributed by atoms with Crippen LogP contribution < -0.4 is 5.32 Å². The average molecular weight is 159 g/mol. The Hall–Kier alpha value is -0.370. The van der Waals surface area contributed by atoms with Crippen molar-refractivity contribution in [3.8, 4) is 0 Å². The molecule has 0 aliphatic heterocycles. The van der Waals surface area contributed by atoms with Gasteiger partial charge in [0.1, 0.15) is 5.78 Å². The summed E-state index contributed by atoms with van der Waals surface area (Å²) in [6.07, 6.45) is 0. The fourth-order valence-corrected chi connectivity index (χ4v) is 0.452. The number of carbonyl (C=O) groups excluding carboxylic acids is 1. The first-order valence-electron chi connectivity index (χ1n) is 4.42. The van der Waals surface area contributed by atoms with E-state index in [2.05, 4.69) is 5.32 Å². The van der Waals surface area contributed by atoms with Gasteiger partial charge in [-0.3, -0.25) is 4.79 Å². The second kappa shape index (κ2) is 9.63. The van der Waals surface area contributed by atoms with Gasteiger partial charge in [0.15, 0.2) is 0 Å². The van der Waals surface area contributed by atoms with Crippen LogP contribution in [0.15, 0.2) is 0 Å². The molecule has 68 valence electrons. The van der Waals surface area contributed by atoms with E-state index in [1.54, 1.807) is 0 Å². The van der Waals surface area contributed by atoms with E-state index in [0.29, 0.717) is 6.54 Å². The molecule has 0 bridgehead atoms. The predicted octanol–water partition coefficient (Wildman–Crippen LogP) is 1.85. The van der Waals surface area contributed by atoms with Crippen molar-refractivity contribution in [3.63, 3.8) is 0 Å². The lowest BCUT2D eigenvalue weighted by atomic mass is 10.1. The van der Waals surface area contributed by atoms with Crippen molar-refractivity contribution < 1.29 is 4.79 Å². The molecule has 0 rings (SSSR count). The largest absolute Gasteiger partial charge is 0.310 e. The maximum atomic E-state index is 10.8. The summed E-state index contributed by atoms with van der Waals surface area (Å²) < 4.78 is 0. The Bertz CT molecular complexity index is 89.6. The SMILES string of the molecule is CC.CCNCC(=O)C(C)C. The standard InChI is InChI=1S/C7H15NO.C2H6/c1-4-8-5-7(9)6(2)3;1-2/h6,8H,4-5H2,1-3H3;1-2H3. The van der Waals surface area contributed by atoms with Crippen LogP contribution in [-0.2, 0) is 4.79 Å². The Morgan fingerprint density at radius 3 is 2.09 bits per heavy atom. The van der Waals surface area contributed by atoms with E-state index in [0.717, 1.165) is 6.54 Å². The Balaban J connectivity index is 0. The van der Waals surface area contributed by atoms with Gasteiger partial charge >= 0.3 is 0 Å². The lowest BCUT2D eigenvalue weighted by Crippen LogP contribution is -2.25. The molecule has 2 nitrogen and oxygen atoms in total. The highest BCUT2D eigenvalue weighted by atomic mass is 16.1. The van der Waals surface area contributed by atoms with Gasteiger partial charge in [-0.05, 0) is 6.54 Å². The highest BCUT2D eigenvalue weighted by Gasteiger charge is 2.03. The smallest absolute Gasteiger partial charge is 0.149 e. The maximum absolute atomic E-state index is 10.8. The average Bonchev–Trinajstić information content (AvgIpc) is 2.03. The van der Waals surface area contributed by atoms with Crippen LogP contribution in [0, 0.1) is 5.92 Å². The van der Waals surface area contributed by atoms with Gasteiger partial charge in [-0.15, -0.1) is 0 Å². The summed E-state index contributed by atoms with van der Waals surface area (Å²) in [5, 5.41) is 2.98. The topological polar surface area (TPSA) is 29.1 Å². The van der Waals surface area contributed by atoms with E-state index in [1.807, 2.05) is 34.6 Å². The Kier molecular flexibility index (Phi) is 11.6. The zero-order valence-electron chi connectivity index (χ0n) is 8.40. The predicted molar refractivity (Wildman–Crippen MR) is 49.7 cm³/mol. The number of carbonyl (C=O) groups is 1. The Labute approximate surface area is 70.4 Å². The fourth-order valence-electron chi connectivity index (χ4n) is 0.452. The molecule has 0 amide bonds. The molecule has 0 aromatic heterocycles. The van der Waals surface area contributed by atoms with E-state index >= 15 is 0 Å². The molecular formula is C9H21NO. The molecule has 1 N–H and O–H groups in total. The van der Waals surface area contributed by atoms with Crippen molar-refractivity contribution in [1.82, 2.24) is 5.32 Å². The van der Waals surface area contributed by atoms with Crippen LogP contribution in [0.2, 0.25) is 0 Å².